The summed E-state index contributed by atoms with van der Waals surface area (Å²) in [6.07, 6.45) is -5.25. The Morgan fingerprint density at radius 1 is 0.667 bits per heavy atom. The van der Waals surface area contributed by atoms with E-state index in [4.69, 9.17) is 0 Å². The van der Waals surface area contributed by atoms with Crippen LogP contribution in [0.3, 0.4) is 0 Å². The summed E-state index contributed by atoms with van der Waals surface area (Å²) in [5.41, 5.74) is -1.11. The van der Waals surface area contributed by atoms with E-state index in [0.717, 1.165) is 12.1 Å². The van der Waals surface area contributed by atoms with Crippen molar-refractivity contribution in [3.05, 3.63) is 77.9 Å². The number of hydrogen-bond acceptors (Lipinski definition) is 1. The average molecular weight is 386 g/mol. The Balaban J connectivity index is 2.08. The molecule has 8 heteroatoms. The monoisotopic (exact) mass is 386 g/mol. The number of ether oxygens (including phenoxy) is 1. The molecule has 3 aromatic rings. The molecule has 0 N–H and O–H groups in total. The average Bonchev–Trinajstić information content (AvgIpc) is 2.60. The van der Waals surface area contributed by atoms with Crippen LogP contribution in [0, 0.1) is 23.3 Å². The number of alkyl halides is 3. The van der Waals surface area contributed by atoms with Gasteiger partial charge in [0.2, 0.25) is 5.82 Å². The number of hydrogen-bond donors (Lipinski definition) is 0. The molecule has 27 heavy (non-hydrogen) atoms. The van der Waals surface area contributed by atoms with Crippen LogP contribution in [-0.4, -0.2) is 6.36 Å². The minimum Gasteiger partial charge on any atom is -0.403 e. The molecule has 0 fully saturated rings. The highest BCUT2D eigenvalue weighted by atomic mass is 19.4. The second-order valence-corrected chi connectivity index (χ2v) is 5.47. The topological polar surface area (TPSA) is 9.23 Å². The highest BCUT2D eigenvalue weighted by Gasteiger charge is 2.33. The molecule has 0 atom stereocenters. The first-order valence-corrected chi connectivity index (χ1v) is 7.46. The highest BCUT2D eigenvalue weighted by Crippen LogP contribution is 2.36. The van der Waals surface area contributed by atoms with E-state index in [1.807, 2.05) is 0 Å². The van der Waals surface area contributed by atoms with Crippen LogP contribution in [0.5, 0.6) is 5.75 Å². The van der Waals surface area contributed by atoms with Crippen molar-refractivity contribution in [2.24, 2.45) is 0 Å². The predicted molar refractivity (Wildman–Crippen MR) is 83.8 cm³/mol. The first-order chi connectivity index (χ1) is 12.7. The predicted octanol–water partition coefficient (Wildman–Crippen LogP) is 6.48. The third-order valence-corrected chi connectivity index (χ3v) is 3.69. The Bertz CT molecular complexity index is 958. The van der Waals surface area contributed by atoms with Gasteiger partial charge in [0.05, 0.1) is 5.56 Å². The summed E-state index contributed by atoms with van der Waals surface area (Å²) in [6.45, 7) is 0. The lowest BCUT2D eigenvalue weighted by Gasteiger charge is -2.13. The van der Waals surface area contributed by atoms with Crippen molar-refractivity contribution in [3.8, 4) is 28.0 Å². The van der Waals surface area contributed by atoms with Crippen molar-refractivity contribution in [1.82, 2.24) is 0 Å². The van der Waals surface area contributed by atoms with Crippen molar-refractivity contribution >= 4 is 0 Å². The molecule has 0 saturated heterocycles. The molecule has 0 aromatic heterocycles. The summed E-state index contributed by atoms with van der Waals surface area (Å²) in [4.78, 5) is 0. The van der Waals surface area contributed by atoms with Crippen molar-refractivity contribution < 1.29 is 35.5 Å². The molecule has 0 spiro atoms. The van der Waals surface area contributed by atoms with Crippen LogP contribution in [0.1, 0.15) is 0 Å². The molecule has 0 aliphatic heterocycles. The van der Waals surface area contributed by atoms with Crippen LogP contribution >= 0.6 is 0 Å². The third kappa shape index (κ3) is 3.89. The minimum atomic E-state index is -5.25. The molecule has 3 aromatic carbocycles. The molecule has 0 heterocycles. The Morgan fingerprint density at radius 2 is 1.26 bits per heavy atom. The molecular formula is C19H9F7O. The van der Waals surface area contributed by atoms with Crippen molar-refractivity contribution in [3.63, 3.8) is 0 Å². The van der Waals surface area contributed by atoms with E-state index in [9.17, 15) is 30.7 Å². The smallest absolute Gasteiger partial charge is 0.403 e. The van der Waals surface area contributed by atoms with Gasteiger partial charge in [-0.15, -0.1) is 13.2 Å². The standard InChI is InChI=1S/C19H9F7O/c20-13-8-11(10-4-2-1-3-5-10)9-14(21)16(13)12-6-7-15(18(23)17(12)22)27-19(24,25)26/h1-9H. The fourth-order valence-electron chi connectivity index (χ4n) is 2.56. The van der Waals surface area contributed by atoms with Gasteiger partial charge in [0.15, 0.2) is 11.6 Å². The van der Waals surface area contributed by atoms with Gasteiger partial charge >= 0.3 is 6.36 Å². The normalized spacial score (nSPS) is 11.5. The van der Waals surface area contributed by atoms with Gasteiger partial charge in [0.25, 0.3) is 0 Å². The lowest BCUT2D eigenvalue weighted by molar-refractivity contribution is -0.275. The summed E-state index contributed by atoms with van der Waals surface area (Å²) >= 11 is 0. The second-order valence-electron chi connectivity index (χ2n) is 5.47. The Kier molecular flexibility index (Phi) is 4.82. The quantitative estimate of drug-likeness (QED) is 0.469. The van der Waals surface area contributed by atoms with E-state index in [-0.39, 0.29) is 5.56 Å². The van der Waals surface area contributed by atoms with Crippen LogP contribution in [0.15, 0.2) is 54.6 Å². The van der Waals surface area contributed by atoms with Crippen molar-refractivity contribution in [2.75, 3.05) is 0 Å². The van der Waals surface area contributed by atoms with Crippen LogP contribution in [0.4, 0.5) is 30.7 Å². The molecular weight excluding hydrogens is 377 g/mol. The molecule has 1 nitrogen and oxygen atoms in total. The first kappa shape index (κ1) is 18.8. The Labute approximate surface area is 148 Å². The summed E-state index contributed by atoms with van der Waals surface area (Å²) in [7, 11) is 0. The van der Waals surface area contributed by atoms with E-state index in [1.54, 1.807) is 30.3 Å². The largest absolute Gasteiger partial charge is 0.573 e. The molecule has 0 bridgehead atoms. The maximum absolute atomic E-state index is 14.4. The zero-order valence-electron chi connectivity index (χ0n) is 13.3. The van der Waals surface area contributed by atoms with Gasteiger partial charge < -0.3 is 4.74 Å². The molecule has 0 radical (unpaired) electrons. The lowest BCUT2D eigenvalue weighted by Crippen LogP contribution is -2.18. The fraction of sp³-hybridized carbons (Fsp3) is 0.0526. The van der Waals surface area contributed by atoms with E-state index in [1.165, 1.54) is 0 Å². The van der Waals surface area contributed by atoms with Crippen molar-refractivity contribution in [1.29, 1.82) is 0 Å². The Hall–Kier alpha value is -3.03. The SMILES string of the molecule is Fc1cc(-c2ccccc2)cc(F)c1-c1ccc(OC(F)(F)F)c(F)c1F. The molecule has 0 aliphatic rings. The van der Waals surface area contributed by atoms with E-state index in [0.29, 0.717) is 17.7 Å². The number of benzene rings is 3. The number of halogens is 7. The van der Waals surface area contributed by atoms with Gasteiger partial charge in [-0.25, -0.2) is 13.2 Å². The molecule has 0 aliphatic carbocycles. The molecule has 140 valence electrons. The fourth-order valence-corrected chi connectivity index (χ4v) is 2.56. The van der Waals surface area contributed by atoms with Gasteiger partial charge in [-0.1, -0.05) is 30.3 Å². The molecule has 0 unspecified atom stereocenters. The summed E-state index contributed by atoms with van der Waals surface area (Å²) in [5, 5.41) is 0. The molecule has 3 rings (SSSR count). The van der Waals surface area contributed by atoms with Crippen molar-refractivity contribution in [2.45, 2.75) is 6.36 Å². The van der Waals surface area contributed by atoms with Crippen LogP contribution in [0.2, 0.25) is 0 Å². The third-order valence-electron chi connectivity index (χ3n) is 3.69. The van der Waals surface area contributed by atoms with E-state index >= 15 is 0 Å². The van der Waals surface area contributed by atoms with Gasteiger partial charge in [-0.3, -0.25) is 0 Å². The minimum absolute atomic E-state index is 0.159. The van der Waals surface area contributed by atoms with Gasteiger partial charge in [0.1, 0.15) is 11.6 Å². The zero-order chi connectivity index (χ0) is 19.8. The lowest BCUT2D eigenvalue weighted by atomic mass is 9.98. The van der Waals surface area contributed by atoms with E-state index < -0.39 is 46.5 Å². The summed E-state index contributed by atoms with van der Waals surface area (Å²) in [6, 6.07) is 11.1. The number of rotatable bonds is 3. The van der Waals surface area contributed by atoms with Gasteiger partial charge in [0, 0.05) is 5.56 Å². The second kappa shape index (κ2) is 6.94. The van der Waals surface area contributed by atoms with Crippen LogP contribution in [-0.2, 0) is 0 Å². The maximum atomic E-state index is 14.4. The Morgan fingerprint density at radius 3 is 1.81 bits per heavy atom. The first-order valence-electron chi connectivity index (χ1n) is 7.46. The van der Waals surface area contributed by atoms with Gasteiger partial charge in [-0.05, 0) is 35.4 Å². The summed E-state index contributed by atoms with van der Waals surface area (Å²) in [5.74, 6) is -7.70. The van der Waals surface area contributed by atoms with Crippen LogP contribution in [0.25, 0.3) is 22.3 Å². The maximum Gasteiger partial charge on any atom is 0.573 e. The van der Waals surface area contributed by atoms with Gasteiger partial charge in [-0.2, -0.15) is 4.39 Å². The summed E-state index contributed by atoms with van der Waals surface area (Å²) < 4.78 is 96.7. The zero-order valence-corrected chi connectivity index (χ0v) is 13.3. The molecule has 0 saturated carbocycles. The van der Waals surface area contributed by atoms with Crippen LogP contribution < -0.4 is 4.74 Å². The highest BCUT2D eigenvalue weighted by molar-refractivity contribution is 5.72. The molecule has 0 amide bonds. The van der Waals surface area contributed by atoms with E-state index in [2.05, 4.69) is 4.74 Å².